The monoisotopic (exact) mass is 458 g/mol. The Labute approximate surface area is 188 Å². The number of thioether (sulfide) groups is 1. The summed E-state index contributed by atoms with van der Waals surface area (Å²) < 4.78 is 11.2. The van der Waals surface area contributed by atoms with E-state index in [9.17, 15) is 9.59 Å². The molecule has 10 heteroatoms. The lowest BCUT2D eigenvalue weighted by molar-refractivity contribution is -0.114. The number of amides is 1. The van der Waals surface area contributed by atoms with Crippen molar-refractivity contribution in [3.8, 4) is 11.5 Å². The number of nitrogens with zero attached hydrogens (tertiary/aromatic N) is 2. The number of hydrogen-bond acceptors (Lipinski definition) is 9. The molecule has 0 aliphatic rings. The quantitative estimate of drug-likeness (QED) is 0.354. The summed E-state index contributed by atoms with van der Waals surface area (Å²) >= 11 is 2.69. The number of ether oxygens (including phenoxy) is 2. The summed E-state index contributed by atoms with van der Waals surface area (Å²) in [6.45, 7) is 3.29. The minimum atomic E-state index is -0.359. The molecule has 8 nitrogen and oxygen atoms in total. The van der Waals surface area contributed by atoms with Gasteiger partial charge < -0.3 is 20.1 Å². The van der Waals surface area contributed by atoms with Crippen LogP contribution in [0, 0.1) is 0 Å². The fourth-order valence-corrected chi connectivity index (χ4v) is 4.73. The molecule has 0 aliphatic carbocycles. The molecule has 3 rings (SSSR count). The number of Topliss-reactive ketones (excluding diaryl/α,β-unsaturated/α-hetero) is 1. The van der Waals surface area contributed by atoms with E-state index >= 15 is 0 Å². The molecule has 0 spiro atoms. The second-order valence-electron chi connectivity index (χ2n) is 6.45. The molecule has 1 unspecified atom stereocenters. The Hall–Kier alpha value is -3.11. The number of carbonyl (C=O) groups excluding carboxylic acids is 2. The van der Waals surface area contributed by atoms with Crippen molar-refractivity contribution < 1.29 is 19.1 Å². The molecule has 0 radical (unpaired) electrons. The Morgan fingerprint density at radius 2 is 1.77 bits per heavy atom. The summed E-state index contributed by atoms with van der Waals surface area (Å²) in [6.07, 6.45) is 0. The van der Waals surface area contributed by atoms with Gasteiger partial charge >= 0.3 is 0 Å². The summed E-state index contributed by atoms with van der Waals surface area (Å²) in [5.74, 6) is 0.898. The van der Waals surface area contributed by atoms with E-state index in [1.54, 1.807) is 37.4 Å². The second-order valence-corrected chi connectivity index (χ2v) is 9.02. The van der Waals surface area contributed by atoms with E-state index < -0.39 is 0 Å². The van der Waals surface area contributed by atoms with E-state index in [2.05, 4.69) is 20.8 Å². The van der Waals surface area contributed by atoms with Crippen LogP contribution in [0.2, 0.25) is 0 Å². The molecule has 0 bridgehead atoms. The largest absolute Gasteiger partial charge is 0.493 e. The van der Waals surface area contributed by atoms with E-state index in [0.29, 0.717) is 32.2 Å². The van der Waals surface area contributed by atoms with Crippen LogP contribution in [0.1, 0.15) is 24.2 Å². The predicted molar refractivity (Wildman–Crippen MR) is 123 cm³/mol. The number of methoxy groups -OCH3 is 2. The summed E-state index contributed by atoms with van der Waals surface area (Å²) in [4.78, 5) is 24.0. The smallest absolute Gasteiger partial charge is 0.221 e. The molecular weight excluding hydrogens is 436 g/mol. The van der Waals surface area contributed by atoms with Gasteiger partial charge in [-0.3, -0.25) is 9.59 Å². The maximum absolute atomic E-state index is 12.8. The maximum atomic E-state index is 12.8. The standard InChI is InChI=1S/C21H22N4O4S2/c1-12(19(27)14-8-9-17(28-3)18(10-14)29-4)30-21-25-24-20(31-21)23-16-7-5-6-15(11-16)22-13(2)26/h5-12H,1-4H3,(H,22,26)(H,23,24). The lowest BCUT2D eigenvalue weighted by Gasteiger charge is -2.11. The van der Waals surface area contributed by atoms with Gasteiger partial charge in [0.2, 0.25) is 11.0 Å². The summed E-state index contributed by atoms with van der Waals surface area (Å²) in [7, 11) is 3.08. The van der Waals surface area contributed by atoms with Gasteiger partial charge in [0.25, 0.3) is 0 Å². The molecule has 1 heterocycles. The Kier molecular flexibility index (Phi) is 7.48. The van der Waals surface area contributed by atoms with Gasteiger partial charge in [0.1, 0.15) is 0 Å². The van der Waals surface area contributed by atoms with Crippen LogP contribution in [-0.2, 0) is 4.79 Å². The lowest BCUT2D eigenvalue weighted by atomic mass is 10.1. The molecule has 1 aromatic heterocycles. The van der Waals surface area contributed by atoms with Gasteiger partial charge in [-0.1, -0.05) is 29.2 Å². The average molecular weight is 459 g/mol. The molecule has 162 valence electrons. The minimum Gasteiger partial charge on any atom is -0.493 e. The van der Waals surface area contributed by atoms with E-state index in [1.165, 1.54) is 37.1 Å². The number of nitrogens with one attached hydrogen (secondary N) is 2. The number of anilines is 3. The van der Waals surface area contributed by atoms with Crippen molar-refractivity contribution in [3.05, 3.63) is 48.0 Å². The first-order valence-corrected chi connectivity index (χ1v) is 11.0. The van der Waals surface area contributed by atoms with Crippen molar-refractivity contribution in [2.75, 3.05) is 24.9 Å². The average Bonchev–Trinajstić information content (AvgIpc) is 3.18. The molecule has 0 saturated heterocycles. The summed E-state index contributed by atoms with van der Waals surface area (Å²) in [6, 6.07) is 12.4. The highest BCUT2D eigenvalue weighted by molar-refractivity contribution is 8.02. The number of hydrogen-bond donors (Lipinski definition) is 2. The molecule has 31 heavy (non-hydrogen) atoms. The number of ketones is 1. The van der Waals surface area contributed by atoms with Gasteiger partial charge in [0.05, 0.1) is 19.5 Å². The van der Waals surface area contributed by atoms with E-state index in [1.807, 2.05) is 19.1 Å². The first-order chi connectivity index (χ1) is 14.9. The zero-order valence-corrected chi connectivity index (χ0v) is 19.1. The third-order valence-electron chi connectivity index (χ3n) is 4.16. The summed E-state index contributed by atoms with van der Waals surface area (Å²) in [5, 5.41) is 14.4. The Balaban J connectivity index is 1.65. The van der Waals surface area contributed by atoms with Crippen LogP contribution in [0.25, 0.3) is 0 Å². The van der Waals surface area contributed by atoms with Crippen LogP contribution >= 0.6 is 23.1 Å². The molecule has 0 fully saturated rings. The highest BCUT2D eigenvalue weighted by atomic mass is 32.2. The predicted octanol–water partition coefficient (Wildman–Crippen LogP) is 4.62. The molecule has 1 amide bonds. The highest BCUT2D eigenvalue weighted by Gasteiger charge is 2.20. The van der Waals surface area contributed by atoms with Crippen LogP contribution in [0.4, 0.5) is 16.5 Å². The Morgan fingerprint density at radius 1 is 1.03 bits per heavy atom. The van der Waals surface area contributed by atoms with Crippen molar-refractivity contribution in [1.29, 1.82) is 0 Å². The molecule has 3 aromatic rings. The summed E-state index contributed by atoms with van der Waals surface area (Å²) in [5.41, 5.74) is 1.99. The first kappa shape index (κ1) is 22.6. The fraction of sp³-hybridized carbons (Fsp3) is 0.238. The fourth-order valence-electron chi connectivity index (χ4n) is 2.74. The molecule has 2 N–H and O–H groups in total. The van der Waals surface area contributed by atoms with Gasteiger partial charge in [0, 0.05) is 23.9 Å². The van der Waals surface area contributed by atoms with Crippen LogP contribution in [0.5, 0.6) is 11.5 Å². The third-order valence-corrected chi connectivity index (χ3v) is 6.18. The highest BCUT2D eigenvalue weighted by Crippen LogP contribution is 2.33. The molecule has 1 atom stereocenters. The Morgan fingerprint density at radius 3 is 2.48 bits per heavy atom. The van der Waals surface area contributed by atoms with E-state index in [0.717, 1.165) is 5.69 Å². The first-order valence-electron chi connectivity index (χ1n) is 9.30. The zero-order valence-electron chi connectivity index (χ0n) is 17.5. The number of carbonyl (C=O) groups is 2. The van der Waals surface area contributed by atoms with Gasteiger partial charge in [0.15, 0.2) is 21.6 Å². The van der Waals surface area contributed by atoms with Crippen LogP contribution in [-0.4, -0.2) is 41.4 Å². The van der Waals surface area contributed by atoms with Crippen LogP contribution < -0.4 is 20.1 Å². The molecule has 0 saturated carbocycles. The van der Waals surface area contributed by atoms with Gasteiger partial charge in [-0.2, -0.15) is 0 Å². The van der Waals surface area contributed by atoms with Crippen LogP contribution in [0.15, 0.2) is 46.8 Å². The van der Waals surface area contributed by atoms with E-state index in [4.69, 9.17) is 9.47 Å². The van der Waals surface area contributed by atoms with Crippen molar-refractivity contribution in [1.82, 2.24) is 10.2 Å². The zero-order chi connectivity index (χ0) is 22.4. The van der Waals surface area contributed by atoms with Crippen molar-refractivity contribution in [2.45, 2.75) is 23.4 Å². The number of aromatic nitrogens is 2. The van der Waals surface area contributed by atoms with Gasteiger partial charge in [-0.05, 0) is 43.3 Å². The normalized spacial score (nSPS) is 11.5. The van der Waals surface area contributed by atoms with Gasteiger partial charge in [-0.15, -0.1) is 10.2 Å². The minimum absolute atomic E-state index is 0.0429. The lowest BCUT2D eigenvalue weighted by Crippen LogP contribution is -2.13. The number of rotatable bonds is 9. The second kappa shape index (κ2) is 10.3. The number of benzene rings is 2. The molecule has 2 aromatic carbocycles. The Bertz CT molecular complexity index is 1090. The topological polar surface area (TPSA) is 102 Å². The van der Waals surface area contributed by atoms with Crippen molar-refractivity contribution >= 4 is 51.3 Å². The molecule has 0 aliphatic heterocycles. The molecular formula is C21H22N4O4S2. The van der Waals surface area contributed by atoms with Gasteiger partial charge in [-0.25, -0.2) is 0 Å². The maximum Gasteiger partial charge on any atom is 0.221 e. The van der Waals surface area contributed by atoms with Crippen molar-refractivity contribution in [3.63, 3.8) is 0 Å². The van der Waals surface area contributed by atoms with Crippen molar-refractivity contribution in [2.24, 2.45) is 0 Å². The van der Waals surface area contributed by atoms with E-state index in [-0.39, 0.29) is 16.9 Å². The SMILES string of the molecule is COc1ccc(C(=O)C(C)Sc2nnc(Nc3cccc(NC(C)=O)c3)s2)cc1OC. The third kappa shape index (κ3) is 5.96. The van der Waals surface area contributed by atoms with Crippen LogP contribution in [0.3, 0.4) is 0 Å².